The Labute approximate surface area is 249 Å². The van der Waals surface area contributed by atoms with Gasteiger partial charge in [0.05, 0.1) is 19.3 Å². The highest BCUT2D eigenvalue weighted by atomic mass is 31.2. The molecule has 0 heterocycles. The van der Waals surface area contributed by atoms with Crippen LogP contribution in [0.3, 0.4) is 0 Å². The maximum absolute atomic E-state index is 15.6. The van der Waals surface area contributed by atoms with Crippen LogP contribution in [0.25, 0.3) is 0 Å². The van der Waals surface area contributed by atoms with E-state index in [0.29, 0.717) is 42.1 Å². The lowest BCUT2D eigenvalue weighted by Crippen LogP contribution is -2.38. The fourth-order valence-corrected chi connectivity index (χ4v) is 9.39. The minimum Gasteiger partial charge on any atom is -0.497 e. The Morgan fingerprint density at radius 3 is 1.76 bits per heavy atom. The summed E-state index contributed by atoms with van der Waals surface area (Å²) >= 11 is 0. The quantitative estimate of drug-likeness (QED) is 0.252. The van der Waals surface area contributed by atoms with Crippen molar-refractivity contribution in [1.82, 2.24) is 5.32 Å². The van der Waals surface area contributed by atoms with E-state index in [9.17, 15) is 0 Å². The van der Waals surface area contributed by atoms with Crippen LogP contribution in [0.5, 0.6) is 5.75 Å². The number of ether oxygens (including phenoxy) is 1. The molecule has 1 unspecified atom stereocenters. The zero-order valence-electron chi connectivity index (χ0n) is 26.4. The second kappa shape index (κ2) is 14.7. The van der Waals surface area contributed by atoms with Crippen molar-refractivity contribution in [1.29, 1.82) is 0 Å². The van der Waals surface area contributed by atoms with Crippen LogP contribution in [-0.4, -0.2) is 19.3 Å². The molecule has 5 nitrogen and oxygen atoms in total. The zero-order valence-corrected chi connectivity index (χ0v) is 27.3. The van der Waals surface area contributed by atoms with E-state index in [2.05, 4.69) is 59.0 Å². The van der Waals surface area contributed by atoms with Gasteiger partial charge in [0, 0.05) is 6.54 Å². The summed E-state index contributed by atoms with van der Waals surface area (Å²) in [5, 5.41) is 3.67. The minimum atomic E-state index is -3.71. The molecule has 4 rings (SSSR count). The Hall–Kier alpha value is -1.65. The van der Waals surface area contributed by atoms with E-state index in [0.717, 1.165) is 42.6 Å². The minimum absolute atomic E-state index is 0.0950. The van der Waals surface area contributed by atoms with Crippen molar-refractivity contribution in [3.63, 3.8) is 0 Å². The smallest absolute Gasteiger partial charge is 0.352 e. The SMILES string of the molecule is COc1ccc([C@@H](NCc2ccccc2)P(=O)(O[C@@H]2C[C@H](C)CC[C@@H]2C(C)C)O[C@@H]2C[C@@H](C)CC[C@H]2C(C)C)cc1. The monoisotopic (exact) mass is 583 g/mol. The molecule has 0 radical (unpaired) electrons. The van der Waals surface area contributed by atoms with Gasteiger partial charge < -0.3 is 13.8 Å². The second-order valence-corrected chi connectivity index (χ2v) is 15.5. The summed E-state index contributed by atoms with van der Waals surface area (Å²) in [6, 6.07) is 18.2. The highest BCUT2D eigenvalue weighted by Gasteiger charge is 2.46. The third-order valence-corrected chi connectivity index (χ3v) is 11.8. The van der Waals surface area contributed by atoms with Crippen molar-refractivity contribution in [2.24, 2.45) is 35.5 Å². The molecular weight excluding hydrogens is 529 g/mol. The Bertz CT molecular complexity index is 1070. The number of rotatable bonds is 12. The molecule has 2 aromatic carbocycles. The number of benzene rings is 2. The van der Waals surface area contributed by atoms with Gasteiger partial charge in [0.15, 0.2) is 0 Å². The third kappa shape index (κ3) is 8.47. The van der Waals surface area contributed by atoms with Gasteiger partial charge in [-0.3, -0.25) is 9.88 Å². The van der Waals surface area contributed by atoms with Crippen LogP contribution < -0.4 is 10.1 Å². The summed E-state index contributed by atoms with van der Waals surface area (Å²) in [4.78, 5) is 0. The van der Waals surface area contributed by atoms with Crippen LogP contribution in [-0.2, 0) is 20.2 Å². The first-order chi connectivity index (χ1) is 19.6. The summed E-state index contributed by atoms with van der Waals surface area (Å²) in [6.45, 7) is 14.3. The molecule has 1 N–H and O–H groups in total. The van der Waals surface area contributed by atoms with E-state index in [-0.39, 0.29) is 12.2 Å². The van der Waals surface area contributed by atoms with Crippen LogP contribution >= 0.6 is 7.60 Å². The number of hydrogen-bond donors (Lipinski definition) is 1. The number of hydrogen-bond acceptors (Lipinski definition) is 5. The summed E-state index contributed by atoms with van der Waals surface area (Å²) in [5.41, 5.74) is 2.04. The molecule has 0 spiro atoms. The normalized spacial score (nSPS) is 29.3. The molecule has 0 saturated heterocycles. The molecule has 0 amide bonds. The molecule has 2 aliphatic carbocycles. The first kappa shape index (κ1) is 32.3. The molecule has 8 atom stereocenters. The molecule has 0 aliphatic heterocycles. The van der Waals surface area contributed by atoms with Gasteiger partial charge in [0.2, 0.25) is 0 Å². The van der Waals surface area contributed by atoms with Crippen molar-refractivity contribution in [2.75, 3.05) is 7.11 Å². The summed E-state index contributed by atoms with van der Waals surface area (Å²) in [7, 11) is -2.04. The average Bonchev–Trinajstić information content (AvgIpc) is 2.93. The Morgan fingerprint density at radius 1 is 0.780 bits per heavy atom. The van der Waals surface area contributed by atoms with E-state index in [1.54, 1.807) is 7.11 Å². The first-order valence-corrected chi connectivity index (χ1v) is 17.6. The van der Waals surface area contributed by atoms with Crippen LogP contribution in [0.15, 0.2) is 54.6 Å². The maximum atomic E-state index is 15.6. The number of nitrogens with one attached hydrogen (secondary N) is 1. The van der Waals surface area contributed by atoms with Gasteiger partial charge in [-0.25, -0.2) is 0 Å². The lowest BCUT2D eigenvalue weighted by Gasteiger charge is -2.43. The number of methoxy groups -OCH3 is 1. The highest BCUT2D eigenvalue weighted by Crippen LogP contribution is 2.64. The molecule has 2 fully saturated rings. The lowest BCUT2D eigenvalue weighted by atomic mass is 9.75. The van der Waals surface area contributed by atoms with E-state index in [4.69, 9.17) is 13.8 Å². The van der Waals surface area contributed by atoms with Gasteiger partial charge in [-0.15, -0.1) is 0 Å². The van der Waals surface area contributed by atoms with Crippen molar-refractivity contribution >= 4 is 7.60 Å². The second-order valence-electron chi connectivity index (χ2n) is 13.5. The maximum Gasteiger partial charge on any atom is 0.352 e. The molecular formula is C35H54NO4P. The standard InChI is InChI=1S/C35H54NO4P/c1-24(2)31-19-13-26(5)21-33(31)39-41(37,40-34-22-27(6)14-20-32(34)25(3)4)35(29-15-17-30(38-7)18-16-29)36-23-28-11-9-8-10-12-28/h8-12,15-18,24-27,31-36H,13-14,19-23H2,1-7H3/t26-,27+,31-,32+,33-,34-,35+,41?/m1/s1. The molecule has 2 aromatic rings. The van der Waals surface area contributed by atoms with E-state index in [1.165, 1.54) is 12.8 Å². The predicted molar refractivity (Wildman–Crippen MR) is 169 cm³/mol. The van der Waals surface area contributed by atoms with Crippen LogP contribution in [0.2, 0.25) is 0 Å². The fraction of sp³-hybridized carbons (Fsp3) is 0.657. The average molecular weight is 584 g/mol. The molecule has 2 saturated carbocycles. The highest BCUT2D eigenvalue weighted by molar-refractivity contribution is 7.54. The summed E-state index contributed by atoms with van der Waals surface area (Å²) < 4.78 is 35.1. The van der Waals surface area contributed by atoms with Crippen molar-refractivity contribution in [3.8, 4) is 5.75 Å². The van der Waals surface area contributed by atoms with E-state index >= 15 is 4.57 Å². The van der Waals surface area contributed by atoms with Gasteiger partial charge in [0.25, 0.3) is 0 Å². The third-order valence-electron chi connectivity index (χ3n) is 9.58. The molecule has 41 heavy (non-hydrogen) atoms. The van der Waals surface area contributed by atoms with Crippen LogP contribution in [0, 0.1) is 35.5 Å². The van der Waals surface area contributed by atoms with Crippen molar-refractivity contribution < 1.29 is 18.3 Å². The summed E-state index contributed by atoms with van der Waals surface area (Å²) in [5.74, 6) is 2.89. The van der Waals surface area contributed by atoms with Crippen LogP contribution in [0.1, 0.15) is 97.0 Å². The molecule has 6 heteroatoms. The van der Waals surface area contributed by atoms with Gasteiger partial charge >= 0.3 is 7.60 Å². The van der Waals surface area contributed by atoms with Gasteiger partial charge in [0.1, 0.15) is 11.5 Å². The predicted octanol–water partition coefficient (Wildman–Crippen LogP) is 9.63. The zero-order chi connectivity index (χ0) is 29.6. The van der Waals surface area contributed by atoms with E-state index in [1.807, 2.05) is 42.5 Å². The Morgan fingerprint density at radius 2 is 1.29 bits per heavy atom. The van der Waals surface area contributed by atoms with Crippen molar-refractivity contribution in [3.05, 3.63) is 65.7 Å². The molecule has 0 aromatic heterocycles. The summed E-state index contributed by atoms with van der Waals surface area (Å²) in [6.07, 6.45) is 6.23. The molecule has 0 bridgehead atoms. The largest absolute Gasteiger partial charge is 0.497 e. The van der Waals surface area contributed by atoms with Gasteiger partial charge in [-0.2, -0.15) is 0 Å². The lowest BCUT2D eigenvalue weighted by molar-refractivity contribution is -0.00694. The Kier molecular flexibility index (Phi) is 11.6. The van der Waals surface area contributed by atoms with Crippen molar-refractivity contribution in [2.45, 2.75) is 105 Å². The van der Waals surface area contributed by atoms with Crippen LogP contribution in [0.4, 0.5) is 0 Å². The molecule has 228 valence electrons. The topological polar surface area (TPSA) is 56.8 Å². The fourth-order valence-electron chi connectivity index (χ4n) is 7.00. The Balaban J connectivity index is 1.76. The first-order valence-electron chi connectivity index (χ1n) is 16.0. The van der Waals surface area contributed by atoms with Gasteiger partial charge in [-0.05, 0) is 84.5 Å². The van der Waals surface area contributed by atoms with Gasteiger partial charge in [-0.1, -0.05) is 96.8 Å². The molecule has 2 aliphatic rings. The van der Waals surface area contributed by atoms with E-state index < -0.39 is 13.4 Å².